The monoisotopic (exact) mass is 474 g/mol. The van der Waals surface area contributed by atoms with Crippen molar-refractivity contribution in [3.8, 4) is 11.1 Å². The quantitative estimate of drug-likeness (QED) is 0.459. The molecule has 0 saturated carbocycles. The van der Waals surface area contributed by atoms with E-state index in [4.69, 9.17) is 4.74 Å². The summed E-state index contributed by atoms with van der Waals surface area (Å²) in [5.41, 5.74) is 4.65. The number of benzene rings is 2. The minimum Gasteiger partial charge on any atom is -0.379 e. The zero-order valence-corrected chi connectivity index (χ0v) is 19.8. The Bertz CT molecular complexity index is 1350. The van der Waals surface area contributed by atoms with Gasteiger partial charge in [-0.1, -0.05) is 42.0 Å². The molecule has 1 saturated heterocycles. The summed E-state index contributed by atoms with van der Waals surface area (Å²) < 4.78 is 6.76. The van der Waals surface area contributed by atoms with Crippen LogP contribution < -0.4 is 10.9 Å². The van der Waals surface area contributed by atoms with Gasteiger partial charge in [0, 0.05) is 36.3 Å². The van der Waals surface area contributed by atoms with E-state index in [0.29, 0.717) is 15.9 Å². The highest BCUT2D eigenvalue weighted by Gasteiger charge is 2.15. The number of ether oxygens (including phenoxy) is 1. The molecule has 1 amide bonds. The standard InChI is InChI=1S/C26H26N4O3S/c1-18-2-6-20(7-3-18)22-16-34-25-24(22)26(32)30(17-27-25)15-23(31)28-21-8-4-19(5-9-21)14-29-10-12-33-13-11-29/h2-9,16-17H,10-15H2,1H3,(H,28,31). The molecule has 1 aliphatic rings. The number of nitrogens with zero attached hydrogens (tertiary/aromatic N) is 3. The van der Waals surface area contributed by atoms with E-state index in [1.807, 2.05) is 60.8 Å². The highest BCUT2D eigenvalue weighted by atomic mass is 32.1. The second-order valence-electron chi connectivity index (χ2n) is 8.51. The van der Waals surface area contributed by atoms with Crippen LogP contribution >= 0.6 is 11.3 Å². The number of hydrogen-bond donors (Lipinski definition) is 1. The number of rotatable bonds is 6. The van der Waals surface area contributed by atoms with Crippen molar-refractivity contribution >= 4 is 33.1 Å². The Hall–Kier alpha value is -3.33. The number of carbonyl (C=O) groups excluding carboxylic acids is 1. The summed E-state index contributed by atoms with van der Waals surface area (Å²) >= 11 is 1.44. The summed E-state index contributed by atoms with van der Waals surface area (Å²) in [5, 5.41) is 5.39. The van der Waals surface area contributed by atoms with E-state index in [9.17, 15) is 9.59 Å². The van der Waals surface area contributed by atoms with Crippen LogP contribution in [0.2, 0.25) is 0 Å². The van der Waals surface area contributed by atoms with Gasteiger partial charge in [-0.15, -0.1) is 11.3 Å². The van der Waals surface area contributed by atoms with Crippen LogP contribution in [0.1, 0.15) is 11.1 Å². The van der Waals surface area contributed by atoms with Crippen LogP contribution in [-0.2, 0) is 22.6 Å². The Morgan fingerprint density at radius 2 is 1.82 bits per heavy atom. The number of carbonyl (C=O) groups is 1. The van der Waals surface area contributed by atoms with E-state index in [2.05, 4.69) is 15.2 Å². The lowest BCUT2D eigenvalue weighted by Crippen LogP contribution is -2.35. The van der Waals surface area contributed by atoms with Crippen molar-refractivity contribution in [3.05, 3.63) is 81.7 Å². The summed E-state index contributed by atoms with van der Waals surface area (Å²) in [6.07, 6.45) is 1.45. The minimum atomic E-state index is -0.267. The third-order valence-electron chi connectivity index (χ3n) is 5.98. The van der Waals surface area contributed by atoms with Gasteiger partial charge < -0.3 is 10.1 Å². The predicted octanol–water partition coefficient (Wildman–Crippen LogP) is 3.90. The lowest BCUT2D eigenvalue weighted by atomic mass is 10.1. The zero-order chi connectivity index (χ0) is 23.5. The first-order valence-electron chi connectivity index (χ1n) is 11.3. The molecule has 3 heterocycles. The van der Waals surface area contributed by atoms with Crippen molar-refractivity contribution < 1.29 is 9.53 Å². The van der Waals surface area contributed by atoms with Gasteiger partial charge in [0.05, 0.1) is 24.9 Å². The van der Waals surface area contributed by atoms with Crippen molar-refractivity contribution in [3.63, 3.8) is 0 Å². The first-order valence-corrected chi connectivity index (χ1v) is 12.2. The molecule has 0 aliphatic carbocycles. The molecule has 5 rings (SSSR count). The average Bonchev–Trinajstić information content (AvgIpc) is 3.28. The van der Waals surface area contributed by atoms with Crippen LogP contribution in [0.25, 0.3) is 21.3 Å². The second kappa shape index (κ2) is 9.89. The smallest absolute Gasteiger partial charge is 0.263 e. The first kappa shape index (κ1) is 22.5. The Morgan fingerprint density at radius 3 is 2.56 bits per heavy atom. The van der Waals surface area contributed by atoms with Gasteiger partial charge in [-0.25, -0.2) is 4.98 Å². The fourth-order valence-electron chi connectivity index (χ4n) is 4.09. The SMILES string of the molecule is Cc1ccc(-c2csc3ncn(CC(=O)Nc4ccc(CN5CCOCC5)cc4)c(=O)c23)cc1. The van der Waals surface area contributed by atoms with Crippen LogP contribution in [0, 0.1) is 6.92 Å². The van der Waals surface area contributed by atoms with Crippen LogP contribution in [0.3, 0.4) is 0 Å². The maximum Gasteiger partial charge on any atom is 0.263 e. The number of aromatic nitrogens is 2. The molecule has 0 spiro atoms. The second-order valence-corrected chi connectivity index (χ2v) is 9.36. The van der Waals surface area contributed by atoms with E-state index in [1.165, 1.54) is 27.8 Å². The number of morpholine rings is 1. The third kappa shape index (κ3) is 4.94. The molecule has 0 unspecified atom stereocenters. The Morgan fingerprint density at radius 1 is 1.09 bits per heavy atom. The van der Waals surface area contributed by atoms with Gasteiger partial charge in [0.25, 0.3) is 5.56 Å². The van der Waals surface area contributed by atoms with Gasteiger partial charge in [-0.3, -0.25) is 19.1 Å². The molecule has 8 heteroatoms. The summed E-state index contributed by atoms with van der Waals surface area (Å²) in [7, 11) is 0. The molecule has 1 N–H and O–H groups in total. The summed E-state index contributed by atoms with van der Waals surface area (Å²) in [5.74, 6) is -0.267. The minimum absolute atomic E-state index is 0.0967. The average molecular weight is 475 g/mol. The van der Waals surface area contributed by atoms with Gasteiger partial charge in [-0.2, -0.15) is 0 Å². The topological polar surface area (TPSA) is 76.5 Å². The number of anilines is 1. The fraction of sp³-hybridized carbons (Fsp3) is 0.269. The molecular formula is C26H26N4O3S. The lowest BCUT2D eigenvalue weighted by molar-refractivity contribution is -0.116. The Labute approximate surface area is 201 Å². The molecule has 0 radical (unpaired) electrons. The maximum absolute atomic E-state index is 13.2. The fourth-order valence-corrected chi connectivity index (χ4v) is 5.00. The van der Waals surface area contributed by atoms with Gasteiger partial charge in [0.15, 0.2) is 0 Å². The van der Waals surface area contributed by atoms with E-state index < -0.39 is 0 Å². The Balaban J connectivity index is 1.29. The molecule has 1 aliphatic heterocycles. The largest absolute Gasteiger partial charge is 0.379 e. The summed E-state index contributed by atoms with van der Waals surface area (Å²) in [6, 6.07) is 15.9. The van der Waals surface area contributed by atoms with Gasteiger partial charge in [-0.05, 0) is 30.2 Å². The maximum atomic E-state index is 13.2. The number of thiophene rings is 1. The van der Waals surface area contributed by atoms with Gasteiger partial charge >= 0.3 is 0 Å². The van der Waals surface area contributed by atoms with Crippen molar-refractivity contribution in [1.82, 2.24) is 14.5 Å². The third-order valence-corrected chi connectivity index (χ3v) is 6.87. The molecule has 4 aromatic rings. The van der Waals surface area contributed by atoms with E-state index in [1.54, 1.807) is 0 Å². The number of nitrogens with one attached hydrogen (secondary N) is 1. The van der Waals surface area contributed by atoms with E-state index in [-0.39, 0.29) is 18.0 Å². The van der Waals surface area contributed by atoms with Gasteiger partial charge in [0.1, 0.15) is 11.4 Å². The summed E-state index contributed by atoms with van der Waals surface area (Å²) in [6.45, 7) is 6.20. The molecule has 34 heavy (non-hydrogen) atoms. The number of aryl methyl sites for hydroxylation is 1. The lowest BCUT2D eigenvalue weighted by Gasteiger charge is -2.26. The van der Waals surface area contributed by atoms with Crippen molar-refractivity contribution in [2.45, 2.75) is 20.0 Å². The van der Waals surface area contributed by atoms with Crippen LogP contribution in [0.5, 0.6) is 0 Å². The van der Waals surface area contributed by atoms with Crippen LogP contribution in [-0.4, -0.2) is 46.7 Å². The molecule has 0 bridgehead atoms. The first-order chi connectivity index (χ1) is 16.6. The Kier molecular flexibility index (Phi) is 6.53. The zero-order valence-electron chi connectivity index (χ0n) is 19.0. The van der Waals surface area contributed by atoms with Crippen molar-refractivity contribution in [1.29, 1.82) is 0 Å². The number of amides is 1. The number of hydrogen-bond acceptors (Lipinski definition) is 6. The molecule has 0 atom stereocenters. The molecule has 1 fully saturated rings. The van der Waals surface area contributed by atoms with E-state index in [0.717, 1.165) is 49.5 Å². The normalized spacial score (nSPS) is 14.4. The molecule has 2 aromatic heterocycles. The highest BCUT2D eigenvalue weighted by Crippen LogP contribution is 2.30. The van der Waals surface area contributed by atoms with Crippen molar-refractivity contribution in [2.75, 3.05) is 31.6 Å². The van der Waals surface area contributed by atoms with Crippen molar-refractivity contribution in [2.24, 2.45) is 0 Å². The highest BCUT2D eigenvalue weighted by molar-refractivity contribution is 7.17. The molecule has 2 aromatic carbocycles. The summed E-state index contributed by atoms with van der Waals surface area (Å²) in [4.78, 5) is 33.3. The van der Waals surface area contributed by atoms with E-state index >= 15 is 0 Å². The van der Waals surface area contributed by atoms with Crippen LogP contribution in [0.15, 0.2) is 65.0 Å². The number of fused-ring (bicyclic) bond motifs is 1. The van der Waals surface area contributed by atoms with Gasteiger partial charge in [0.2, 0.25) is 5.91 Å². The van der Waals surface area contributed by atoms with Crippen LogP contribution in [0.4, 0.5) is 5.69 Å². The molecular weight excluding hydrogens is 448 g/mol. The molecule has 7 nitrogen and oxygen atoms in total. The predicted molar refractivity (Wildman–Crippen MR) is 135 cm³/mol. The molecule has 174 valence electrons.